The van der Waals surface area contributed by atoms with E-state index in [4.69, 9.17) is 4.42 Å². The minimum atomic E-state index is -4.47. The Kier molecular flexibility index (Phi) is 5.21. The Bertz CT molecular complexity index is 900. The molecule has 0 aliphatic carbocycles. The van der Waals surface area contributed by atoms with Crippen LogP contribution in [0.4, 0.5) is 18.9 Å². The lowest BCUT2D eigenvalue weighted by Gasteiger charge is -2.09. The van der Waals surface area contributed by atoms with Gasteiger partial charge in [-0.25, -0.2) is 0 Å². The van der Waals surface area contributed by atoms with Gasteiger partial charge in [-0.1, -0.05) is 17.8 Å². The summed E-state index contributed by atoms with van der Waals surface area (Å²) in [6, 6.07) is 7.87. The first-order chi connectivity index (χ1) is 12.4. The zero-order valence-electron chi connectivity index (χ0n) is 13.0. The number of pyridine rings is 1. The maximum atomic E-state index is 12.7. The molecule has 0 atom stereocenters. The molecular weight excluding hydrogens is 369 g/mol. The second kappa shape index (κ2) is 7.56. The van der Waals surface area contributed by atoms with Gasteiger partial charge in [-0.15, -0.1) is 10.2 Å². The summed E-state index contributed by atoms with van der Waals surface area (Å²) in [6.45, 7) is 0. The summed E-state index contributed by atoms with van der Waals surface area (Å²) >= 11 is 0.978. The largest absolute Gasteiger partial charge is 0.416 e. The molecule has 1 amide bonds. The molecule has 2 heterocycles. The summed E-state index contributed by atoms with van der Waals surface area (Å²) in [4.78, 5) is 15.8. The number of alkyl halides is 3. The fraction of sp³-hybridized carbons (Fsp3) is 0.125. The molecule has 0 fully saturated rings. The van der Waals surface area contributed by atoms with Crippen molar-refractivity contribution in [3.8, 4) is 11.5 Å². The Balaban J connectivity index is 1.57. The molecule has 6 nitrogen and oxygen atoms in total. The number of carbonyl (C=O) groups excluding carboxylic acids is 1. The molecule has 26 heavy (non-hydrogen) atoms. The number of thioether (sulfide) groups is 1. The van der Waals surface area contributed by atoms with Gasteiger partial charge in [0.25, 0.3) is 5.22 Å². The monoisotopic (exact) mass is 380 g/mol. The first-order valence-electron chi connectivity index (χ1n) is 7.25. The second-order valence-electron chi connectivity index (χ2n) is 5.03. The molecule has 0 saturated heterocycles. The lowest BCUT2D eigenvalue weighted by Crippen LogP contribution is -2.15. The van der Waals surface area contributed by atoms with Crippen LogP contribution in [0.15, 0.2) is 58.4 Å². The number of amides is 1. The van der Waals surface area contributed by atoms with E-state index >= 15 is 0 Å². The summed E-state index contributed by atoms with van der Waals surface area (Å²) in [7, 11) is 0. The van der Waals surface area contributed by atoms with Gasteiger partial charge >= 0.3 is 6.18 Å². The lowest BCUT2D eigenvalue weighted by atomic mass is 10.2. The number of carbonyl (C=O) groups is 1. The molecule has 0 aliphatic rings. The molecule has 2 aromatic heterocycles. The average Bonchev–Trinajstić information content (AvgIpc) is 3.09. The standard InChI is InChI=1S/C16H11F3N4O2S/c17-16(18,19)11-4-1-5-12(7-11)21-13(24)9-26-15-23-22-14(25-15)10-3-2-6-20-8-10/h1-8H,9H2,(H,21,24). The van der Waals surface area contributed by atoms with Crippen LogP contribution < -0.4 is 5.32 Å². The molecule has 10 heteroatoms. The SMILES string of the molecule is O=C(CSc1nnc(-c2cccnc2)o1)Nc1cccc(C(F)(F)F)c1. The first-order valence-corrected chi connectivity index (χ1v) is 8.24. The van der Waals surface area contributed by atoms with Crippen LogP contribution in [0.1, 0.15) is 5.56 Å². The maximum Gasteiger partial charge on any atom is 0.416 e. The maximum absolute atomic E-state index is 12.7. The van der Waals surface area contributed by atoms with E-state index in [0.717, 1.165) is 23.9 Å². The number of anilines is 1. The van der Waals surface area contributed by atoms with Crippen LogP contribution >= 0.6 is 11.8 Å². The Morgan fingerprint density at radius 1 is 1.19 bits per heavy atom. The smallest absolute Gasteiger partial charge is 0.411 e. The minimum Gasteiger partial charge on any atom is -0.411 e. The van der Waals surface area contributed by atoms with Gasteiger partial charge in [0.05, 0.1) is 16.9 Å². The number of nitrogens with one attached hydrogen (secondary N) is 1. The van der Waals surface area contributed by atoms with Crippen LogP contribution in [-0.2, 0) is 11.0 Å². The van der Waals surface area contributed by atoms with Crippen molar-refractivity contribution in [2.45, 2.75) is 11.4 Å². The van der Waals surface area contributed by atoms with Gasteiger partial charge in [0.2, 0.25) is 11.8 Å². The van der Waals surface area contributed by atoms with Crippen molar-refractivity contribution in [2.75, 3.05) is 11.1 Å². The molecule has 0 radical (unpaired) electrons. The highest BCUT2D eigenvalue weighted by Gasteiger charge is 2.30. The highest BCUT2D eigenvalue weighted by molar-refractivity contribution is 7.99. The van der Waals surface area contributed by atoms with Gasteiger partial charge in [-0.05, 0) is 30.3 Å². The number of aromatic nitrogens is 3. The van der Waals surface area contributed by atoms with E-state index in [2.05, 4.69) is 20.5 Å². The fourth-order valence-corrected chi connectivity index (χ4v) is 2.53. The van der Waals surface area contributed by atoms with E-state index in [1.807, 2.05) is 0 Å². The number of halogens is 3. The molecule has 1 N–H and O–H groups in total. The van der Waals surface area contributed by atoms with Gasteiger partial charge in [-0.3, -0.25) is 9.78 Å². The van der Waals surface area contributed by atoms with E-state index in [1.165, 1.54) is 12.1 Å². The highest BCUT2D eigenvalue weighted by Crippen LogP contribution is 2.30. The van der Waals surface area contributed by atoms with Crippen LogP contribution in [0.5, 0.6) is 0 Å². The van der Waals surface area contributed by atoms with E-state index in [0.29, 0.717) is 5.56 Å². The summed E-state index contributed by atoms with van der Waals surface area (Å²) < 4.78 is 43.4. The van der Waals surface area contributed by atoms with Crippen molar-refractivity contribution in [2.24, 2.45) is 0 Å². The van der Waals surface area contributed by atoms with Crippen LogP contribution in [0, 0.1) is 0 Å². The van der Waals surface area contributed by atoms with E-state index in [1.54, 1.807) is 24.5 Å². The van der Waals surface area contributed by atoms with Crippen molar-refractivity contribution in [3.05, 3.63) is 54.4 Å². The number of hydrogen-bond donors (Lipinski definition) is 1. The van der Waals surface area contributed by atoms with Crippen molar-refractivity contribution < 1.29 is 22.4 Å². The van der Waals surface area contributed by atoms with E-state index in [-0.39, 0.29) is 22.6 Å². The molecule has 134 valence electrons. The summed E-state index contributed by atoms with van der Waals surface area (Å²) in [5.74, 6) is -0.320. The van der Waals surface area contributed by atoms with Gasteiger partial charge in [0.15, 0.2) is 0 Å². The van der Waals surface area contributed by atoms with Crippen molar-refractivity contribution in [1.29, 1.82) is 0 Å². The number of hydrogen-bond acceptors (Lipinski definition) is 6. The van der Waals surface area contributed by atoms with Gasteiger partial charge in [0, 0.05) is 18.1 Å². The normalized spacial score (nSPS) is 11.3. The van der Waals surface area contributed by atoms with Gasteiger partial charge in [0.1, 0.15) is 0 Å². The van der Waals surface area contributed by atoms with Crippen LogP contribution in [0.2, 0.25) is 0 Å². The Morgan fingerprint density at radius 3 is 2.77 bits per heavy atom. The Labute approximate surface area is 149 Å². The van der Waals surface area contributed by atoms with Crippen LogP contribution in [-0.4, -0.2) is 26.8 Å². The first kappa shape index (κ1) is 17.9. The third kappa shape index (κ3) is 4.60. The van der Waals surface area contributed by atoms with E-state index < -0.39 is 17.6 Å². The quantitative estimate of drug-likeness (QED) is 0.677. The zero-order valence-corrected chi connectivity index (χ0v) is 13.8. The van der Waals surface area contributed by atoms with Crippen molar-refractivity contribution in [1.82, 2.24) is 15.2 Å². The predicted molar refractivity (Wildman–Crippen MR) is 88.3 cm³/mol. The number of rotatable bonds is 5. The van der Waals surface area contributed by atoms with Crippen LogP contribution in [0.3, 0.4) is 0 Å². The molecule has 0 unspecified atom stereocenters. The summed E-state index contributed by atoms with van der Waals surface area (Å²) in [5.41, 5.74) is -0.131. The highest BCUT2D eigenvalue weighted by atomic mass is 32.2. The molecule has 1 aromatic carbocycles. The third-order valence-electron chi connectivity index (χ3n) is 3.12. The minimum absolute atomic E-state index is 0.0620. The molecule has 0 aliphatic heterocycles. The Hall–Kier alpha value is -2.88. The molecule has 3 aromatic rings. The molecular formula is C16H11F3N4O2S. The summed E-state index contributed by atoms with van der Waals surface area (Å²) in [5, 5.41) is 10.2. The summed E-state index contributed by atoms with van der Waals surface area (Å²) in [6.07, 6.45) is -1.31. The van der Waals surface area contributed by atoms with Gasteiger partial charge in [-0.2, -0.15) is 13.2 Å². The molecule has 0 bridgehead atoms. The molecule has 0 saturated carbocycles. The van der Waals surface area contributed by atoms with Crippen LogP contribution in [0.25, 0.3) is 11.5 Å². The van der Waals surface area contributed by atoms with E-state index in [9.17, 15) is 18.0 Å². The predicted octanol–water partition coefficient (Wildman–Crippen LogP) is 3.88. The molecule has 3 rings (SSSR count). The fourth-order valence-electron chi connectivity index (χ4n) is 1.97. The third-order valence-corrected chi connectivity index (χ3v) is 3.93. The zero-order chi connectivity index (χ0) is 18.6. The Morgan fingerprint density at radius 2 is 2.04 bits per heavy atom. The number of benzene rings is 1. The van der Waals surface area contributed by atoms with Gasteiger partial charge < -0.3 is 9.73 Å². The topological polar surface area (TPSA) is 80.9 Å². The average molecular weight is 380 g/mol. The lowest BCUT2D eigenvalue weighted by molar-refractivity contribution is -0.137. The van der Waals surface area contributed by atoms with Crippen molar-refractivity contribution >= 4 is 23.4 Å². The van der Waals surface area contributed by atoms with Crippen molar-refractivity contribution in [3.63, 3.8) is 0 Å². The number of nitrogens with zero attached hydrogens (tertiary/aromatic N) is 3. The molecule has 0 spiro atoms. The second-order valence-corrected chi connectivity index (χ2v) is 5.96.